The first kappa shape index (κ1) is 19.5. The minimum Gasteiger partial charge on any atom is -0.493 e. The second-order valence-corrected chi connectivity index (χ2v) is 6.42. The monoisotopic (exact) mass is 384 g/mol. The molecule has 148 valence electrons. The number of piperazine rings is 1. The second kappa shape index (κ2) is 8.60. The molecule has 0 aliphatic carbocycles. The summed E-state index contributed by atoms with van der Waals surface area (Å²) in [5.41, 5.74) is 1.91. The molecule has 1 N–H and O–H groups in total. The molecule has 0 atom stereocenters. The largest absolute Gasteiger partial charge is 0.493 e. The van der Waals surface area contributed by atoms with E-state index in [0.29, 0.717) is 43.4 Å². The molecular weight excluding hydrogens is 360 g/mol. The van der Waals surface area contributed by atoms with E-state index in [9.17, 15) is 9.59 Å². The molecule has 0 spiro atoms. The van der Waals surface area contributed by atoms with E-state index in [1.807, 2.05) is 18.2 Å². The Labute approximate surface area is 164 Å². The highest BCUT2D eigenvalue weighted by atomic mass is 16.5. The zero-order valence-electron chi connectivity index (χ0n) is 16.3. The van der Waals surface area contributed by atoms with Crippen LogP contribution in [0.25, 0.3) is 0 Å². The van der Waals surface area contributed by atoms with Crippen molar-refractivity contribution in [3.8, 4) is 11.5 Å². The Morgan fingerprint density at radius 2 is 1.57 bits per heavy atom. The molecule has 2 heterocycles. The summed E-state index contributed by atoms with van der Waals surface area (Å²) in [6.45, 7) is 3.65. The maximum Gasteiger partial charge on any atom is 0.272 e. The molecule has 2 amide bonds. The molecule has 8 nitrogen and oxygen atoms in total. The van der Waals surface area contributed by atoms with Gasteiger partial charge in [0.25, 0.3) is 5.91 Å². The van der Waals surface area contributed by atoms with Crippen LogP contribution in [-0.4, -0.2) is 67.0 Å². The summed E-state index contributed by atoms with van der Waals surface area (Å²) in [7, 11) is 3.17. The summed E-state index contributed by atoms with van der Waals surface area (Å²) in [6, 6.07) is 9.01. The number of anilines is 2. The molecule has 8 heteroatoms. The normalized spacial score (nSPS) is 13.8. The molecule has 1 aliphatic rings. The third kappa shape index (κ3) is 4.33. The molecule has 1 aliphatic heterocycles. The Bertz CT molecular complexity index is 863. The Hall–Kier alpha value is -3.29. The Balaban J connectivity index is 1.70. The van der Waals surface area contributed by atoms with Crippen molar-refractivity contribution in [1.29, 1.82) is 0 Å². The molecule has 3 rings (SSSR count). The molecule has 0 saturated carbocycles. The Morgan fingerprint density at radius 3 is 2.21 bits per heavy atom. The summed E-state index contributed by atoms with van der Waals surface area (Å²) in [6.07, 6.45) is 1.60. The van der Waals surface area contributed by atoms with Crippen LogP contribution < -0.4 is 14.8 Å². The molecule has 0 unspecified atom stereocenters. The predicted octanol–water partition coefficient (Wildman–Crippen LogP) is 2.15. The fourth-order valence-electron chi connectivity index (χ4n) is 3.09. The molecule has 2 aromatic rings. The molecule has 1 aromatic heterocycles. The van der Waals surface area contributed by atoms with E-state index >= 15 is 0 Å². The summed E-state index contributed by atoms with van der Waals surface area (Å²) < 4.78 is 10.6. The van der Waals surface area contributed by atoms with Crippen molar-refractivity contribution in [3.63, 3.8) is 0 Å². The average Bonchev–Trinajstić information content (AvgIpc) is 2.73. The maximum atomic E-state index is 12.8. The van der Waals surface area contributed by atoms with Crippen LogP contribution in [0.3, 0.4) is 0 Å². The zero-order valence-corrected chi connectivity index (χ0v) is 16.3. The number of nitrogens with zero attached hydrogens (tertiary/aromatic N) is 3. The van der Waals surface area contributed by atoms with Crippen LogP contribution in [0.4, 0.5) is 11.4 Å². The molecule has 0 bridgehead atoms. The quantitative estimate of drug-likeness (QED) is 0.850. The highest BCUT2D eigenvalue weighted by Gasteiger charge is 2.24. The van der Waals surface area contributed by atoms with Gasteiger partial charge in [0, 0.05) is 56.7 Å². The zero-order chi connectivity index (χ0) is 20.1. The van der Waals surface area contributed by atoms with Crippen LogP contribution in [0.15, 0.2) is 36.5 Å². The van der Waals surface area contributed by atoms with Gasteiger partial charge in [-0.05, 0) is 24.3 Å². The van der Waals surface area contributed by atoms with Crippen molar-refractivity contribution in [2.45, 2.75) is 6.92 Å². The van der Waals surface area contributed by atoms with Crippen molar-refractivity contribution in [2.24, 2.45) is 0 Å². The van der Waals surface area contributed by atoms with Crippen LogP contribution in [0, 0.1) is 0 Å². The number of carbonyl (C=O) groups excluding carboxylic acids is 2. The molecule has 1 aromatic carbocycles. The van der Waals surface area contributed by atoms with Gasteiger partial charge in [0.05, 0.1) is 14.2 Å². The first-order valence-electron chi connectivity index (χ1n) is 9.01. The lowest BCUT2D eigenvalue weighted by Crippen LogP contribution is -2.50. The number of rotatable bonds is 5. The number of ether oxygens (including phenoxy) is 2. The Morgan fingerprint density at radius 1 is 0.929 bits per heavy atom. The van der Waals surface area contributed by atoms with Crippen LogP contribution in [0.5, 0.6) is 11.5 Å². The number of hydrogen-bond acceptors (Lipinski definition) is 6. The number of amides is 2. The summed E-state index contributed by atoms with van der Waals surface area (Å²) >= 11 is 0. The minimum absolute atomic E-state index is 0.0336. The van der Waals surface area contributed by atoms with Crippen LogP contribution >= 0.6 is 0 Å². The second-order valence-electron chi connectivity index (χ2n) is 6.42. The smallest absolute Gasteiger partial charge is 0.272 e. The minimum atomic E-state index is -0.140. The third-order valence-corrected chi connectivity index (χ3v) is 4.66. The van der Waals surface area contributed by atoms with E-state index in [1.165, 1.54) is 0 Å². The number of hydrogen-bond donors (Lipinski definition) is 1. The lowest BCUT2D eigenvalue weighted by molar-refractivity contribution is -0.130. The average molecular weight is 384 g/mol. The van der Waals surface area contributed by atoms with Gasteiger partial charge in [0.1, 0.15) is 5.69 Å². The van der Waals surface area contributed by atoms with Crippen molar-refractivity contribution >= 4 is 23.2 Å². The molecule has 28 heavy (non-hydrogen) atoms. The third-order valence-electron chi connectivity index (χ3n) is 4.66. The van der Waals surface area contributed by atoms with Crippen molar-refractivity contribution in [2.75, 3.05) is 45.7 Å². The highest BCUT2D eigenvalue weighted by Crippen LogP contribution is 2.31. The van der Waals surface area contributed by atoms with E-state index < -0.39 is 0 Å². The maximum absolute atomic E-state index is 12.8. The summed E-state index contributed by atoms with van der Waals surface area (Å²) in [5, 5.41) is 3.25. The number of benzene rings is 1. The first-order chi connectivity index (χ1) is 13.5. The lowest BCUT2D eigenvalue weighted by Gasteiger charge is -2.34. The van der Waals surface area contributed by atoms with E-state index in [1.54, 1.807) is 49.3 Å². The topological polar surface area (TPSA) is 84.0 Å². The van der Waals surface area contributed by atoms with E-state index in [2.05, 4.69) is 10.3 Å². The number of methoxy groups -OCH3 is 2. The van der Waals surface area contributed by atoms with Gasteiger partial charge in [-0.1, -0.05) is 0 Å². The van der Waals surface area contributed by atoms with Gasteiger partial charge in [0.15, 0.2) is 11.5 Å². The van der Waals surface area contributed by atoms with Gasteiger partial charge in [-0.25, -0.2) is 0 Å². The van der Waals surface area contributed by atoms with Gasteiger partial charge in [0.2, 0.25) is 5.91 Å². The van der Waals surface area contributed by atoms with Crippen LogP contribution in [-0.2, 0) is 4.79 Å². The first-order valence-corrected chi connectivity index (χ1v) is 9.01. The van der Waals surface area contributed by atoms with Gasteiger partial charge in [-0.3, -0.25) is 14.6 Å². The van der Waals surface area contributed by atoms with Gasteiger partial charge >= 0.3 is 0 Å². The van der Waals surface area contributed by atoms with E-state index in [0.717, 1.165) is 11.4 Å². The lowest BCUT2D eigenvalue weighted by atomic mass is 10.2. The fraction of sp³-hybridized carbons (Fsp3) is 0.350. The predicted molar refractivity (Wildman–Crippen MR) is 105 cm³/mol. The standard InChI is InChI=1S/C20H24N4O4/c1-14(25)23-8-10-24(11-9-23)20(26)17-12-16(6-7-21-17)22-15-4-5-18(27-2)19(13-15)28-3/h4-7,12-13H,8-11H2,1-3H3,(H,21,22). The SMILES string of the molecule is COc1ccc(Nc2ccnc(C(=O)N3CCN(C(C)=O)CC3)c2)cc1OC. The van der Waals surface area contributed by atoms with E-state index in [-0.39, 0.29) is 11.8 Å². The van der Waals surface area contributed by atoms with Gasteiger partial charge in [-0.2, -0.15) is 0 Å². The van der Waals surface area contributed by atoms with Crippen LogP contribution in [0.2, 0.25) is 0 Å². The van der Waals surface area contributed by atoms with Crippen molar-refractivity contribution in [3.05, 3.63) is 42.2 Å². The van der Waals surface area contributed by atoms with Crippen molar-refractivity contribution < 1.29 is 19.1 Å². The summed E-state index contributed by atoms with van der Waals surface area (Å²) in [5.74, 6) is 1.15. The number of pyridine rings is 1. The van der Waals surface area contributed by atoms with Crippen molar-refractivity contribution in [1.82, 2.24) is 14.8 Å². The molecule has 1 fully saturated rings. The number of nitrogens with one attached hydrogen (secondary N) is 1. The highest BCUT2D eigenvalue weighted by molar-refractivity contribution is 5.93. The fourth-order valence-corrected chi connectivity index (χ4v) is 3.09. The molecule has 1 saturated heterocycles. The van der Waals surface area contributed by atoms with E-state index in [4.69, 9.17) is 9.47 Å². The Kier molecular flexibility index (Phi) is 5.98. The van der Waals surface area contributed by atoms with Crippen LogP contribution in [0.1, 0.15) is 17.4 Å². The van der Waals surface area contributed by atoms with Gasteiger partial charge < -0.3 is 24.6 Å². The summed E-state index contributed by atoms with van der Waals surface area (Å²) in [4.78, 5) is 31.9. The molecule has 0 radical (unpaired) electrons. The molecular formula is C20H24N4O4. The number of aromatic nitrogens is 1. The number of carbonyl (C=O) groups is 2. The van der Waals surface area contributed by atoms with Gasteiger partial charge in [-0.15, -0.1) is 0 Å².